The van der Waals surface area contributed by atoms with E-state index in [-0.39, 0.29) is 0 Å². The molecule has 1 aromatic carbocycles. The van der Waals surface area contributed by atoms with Crippen molar-refractivity contribution < 1.29 is 13.6 Å². The minimum atomic E-state index is -2.92. The maximum atomic E-state index is 11.8. The molecule has 0 bridgehead atoms. The fourth-order valence-corrected chi connectivity index (χ4v) is 0.929. The van der Waals surface area contributed by atoms with Crippen LogP contribution in [0.4, 0.5) is 8.78 Å². The molecule has 0 heterocycles. The molecule has 0 aliphatic heterocycles. The van der Waals surface area contributed by atoms with Crippen LogP contribution in [-0.2, 0) is 4.79 Å². The topological polar surface area (TPSA) is 17.1 Å². The van der Waals surface area contributed by atoms with Gasteiger partial charge < -0.3 is 0 Å². The standard InChI is InChI=1S/C11H10F2O/c1-8-2-4-9(5-3-8)6-7-10(14)11(12)13/h2-7,11H,1H3. The highest BCUT2D eigenvalue weighted by Crippen LogP contribution is 2.06. The van der Waals surface area contributed by atoms with Gasteiger partial charge in [0.25, 0.3) is 6.43 Å². The molecule has 0 aromatic heterocycles. The molecule has 1 nitrogen and oxygen atoms in total. The first kappa shape index (κ1) is 10.6. The van der Waals surface area contributed by atoms with Crippen LogP contribution in [0.5, 0.6) is 0 Å². The van der Waals surface area contributed by atoms with E-state index in [1.54, 1.807) is 12.1 Å². The number of allylic oxidation sites excluding steroid dienone is 1. The summed E-state index contributed by atoms with van der Waals surface area (Å²) in [5.74, 6) is -1.16. The van der Waals surface area contributed by atoms with Crippen molar-refractivity contribution in [3.63, 3.8) is 0 Å². The lowest BCUT2D eigenvalue weighted by Crippen LogP contribution is -2.04. The molecule has 0 atom stereocenters. The predicted octanol–water partition coefficient (Wildman–Crippen LogP) is 2.84. The summed E-state index contributed by atoms with van der Waals surface area (Å²) in [6.07, 6.45) is -0.639. The molecular formula is C11H10F2O. The maximum absolute atomic E-state index is 11.8. The molecule has 0 saturated heterocycles. The normalized spacial score (nSPS) is 11.1. The number of halogens is 2. The average molecular weight is 196 g/mol. The summed E-state index contributed by atoms with van der Waals surface area (Å²) in [7, 11) is 0. The molecule has 14 heavy (non-hydrogen) atoms. The number of aryl methyl sites for hydroxylation is 1. The molecule has 1 aromatic rings. The van der Waals surface area contributed by atoms with Crippen molar-refractivity contribution in [3.8, 4) is 0 Å². The summed E-state index contributed by atoms with van der Waals surface area (Å²) >= 11 is 0. The van der Waals surface area contributed by atoms with Gasteiger partial charge in [0, 0.05) is 0 Å². The van der Waals surface area contributed by atoms with Gasteiger partial charge in [-0.3, -0.25) is 4.79 Å². The van der Waals surface area contributed by atoms with Crippen molar-refractivity contribution in [2.75, 3.05) is 0 Å². The van der Waals surface area contributed by atoms with Crippen molar-refractivity contribution in [3.05, 3.63) is 41.5 Å². The quantitative estimate of drug-likeness (QED) is 0.679. The van der Waals surface area contributed by atoms with Gasteiger partial charge in [0.1, 0.15) is 0 Å². The molecule has 0 saturated carbocycles. The van der Waals surface area contributed by atoms with Crippen molar-refractivity contribution in [2.24, 2.45) is 0 Å². The Bertz CT molecular complexity index is 339. The van der Waals surface area contributed by atoms with Crippen LogP contribution < -0.4 is 0 Å². The summed E-state index contributed by atoms with van der Waals surface area (Å²) in [6.45, 7) is 1.93. The Labute approximate surface area is 81.1 Å². The molecule has 0 fully saturated rings. The molecule has 1 rings (SSSR count). The third-order valence-electron chi connectivity index (χ3n) is 1.73. The summed E-state index contributed by atoms with van der Waals surface area (Å²) in [4.78, 5) is 10.5. The second-order valence-electron chi connectivity index (χ2n) is 2.95. The molecule has 0 amide bonds. The molecule has 0 radical (unpaired) electrons. The van der Waals surface area contributed by atoms with Crippen molar-refractivity contribution in [2.45, 2.75) is 13.3 Å². The number of benzene rings is 1. The number of alkyl halides is 2. The summed E-state index contributed by atoms with van der Waals surface area (Å²) in [5, 5.41) is 0. The van der Waals surface area contributed by atoms with E-state index in [0.717, 1.165) is 17.2 Å². The Morgan fingerprint density at radius 1 is 1.29 bits per heavy atom. The molecular weight excluding hydrogens is 186 g/mol. The first-order valence-corrected chi connectivity index (χ1v) is 4.16. The molecule has 0 aliphatic carbocycles. The highest BCUT2D eigenvalue weighted by Gasteiger charge is 2.10. The number of rotatable bonds is 3. The molecule has 0 N–H and O–H groups in total. The Morgan fingerprint density at radius 2 is 1.86 bits per heavy atom. The molecule has 74 valence electrons. The number of carbonyl (C=O) groups is 1. The van der Waals surface area contributed by atoms with Crippen LogP contribution in [0.15, 0.2) is 30.3 Å². The third kappa shape index (κ3) is 3.09. The fourth-order valence-electron chi connectivity index (χ4n) is 0.929. The maximum Gasteiger partial charge on any atom is 0.299 e. The Hall–Kier alpha value is -1.51. The number of hydrogen-bond acceptors (Lipinski definition) is 1. The van der Waals surface area contributed by atoms with Crippen LogP contribution in [0.2, 0.25) is 0 Å². The van der Waals surface area contributed by atoms with Crippen LogP contribution in [0.3, 0.4) is 0 Å². The molecule has 0 spiro atoms. The first-order chi connectivity index (χ1) is 6.59. The van der Waals surface area contributed by atoms with Gasteiger partial charge in [-0.2, -0.15) is 0 Å². The van der Waals surface area contributed by atoms with E-state index in [4.69, 9.17) is 0 Å². The first-order valence-electron chi connectivity index (χ1n) is 4.16. The zero-order valence-electron chi connectivity index (χ0n) is 7.71. The molecule has 3 heteroatoms. The van der Waals surface area contributed by atoms with Crippen molar-refractivity contribution >= 4 is 11.9 Å². The van der Waals surface area contributed by atoms with Gasteiger partial charge in [-0.05, 0) is 18.6 Å². The second kappa shape index (κ2) is 4.65. The summed E-state index contributed by atoms with van der Waals surface area (Å²) < 4.78 is 23.6. The van der Waals surface area contributed by atoms with Crippen LogP contribution in [0.25, 0.3) is 6.08 Å². The van der Waals surface area contributed by atoms with Gasteiger partial charge in [-0.15, -0.1) is 0 Å². The van der Waals surface area contributed by atoms with Crippen LogP contribution in [0.1, 0.15) is 11.1 Å². The van der Waals surface area contributed by atoms with Gasteiger partial charge in [0.15, 0.2) is 0 Å². The SMILES string of the molecule is Cc1ccc(C=CC(=O)C(F)F)cc1. The second-order valence-corrected chi connectivity index (χ2v) is 2.95. The lowest BCUT2D eigenvalue weighted by molar-refractivity contribution is -0.124. The van der Waals surface area contributed by atoms with E-state index in [1.807, 2.05) is 19.1 Å². The van der Waals surface area contributed by atoms with Gasteiger partial charge in [0.05, 0.1) is 0 Å². The predicted molar refractivity (Wildman–Crippen MR) is 51.2 cm³/mol. The lowest BCUT2D eigenvalue weighted by Gasteiger charge is -1.94. The smallest absolute Gasteiger partial charge is 0.288 e. The summed E-state index contributed by atoms with van der Waals surface area (Å²) in [6, 6.07) is 7.24. The van der Waals surface area contributed by atoms with Crippen LogP contribution in [-0.4, -0.2) is 12.2 Å². The van der Waals surface area contributed by atoms with Gasteiger partial charge in [-0.1, -0.05) is 35.9 Å². The largest absolute Gasteiger partial charge is 0.299 e. The number of carbonyl (C=O) groups excluding carboxylic acids is 1. The minimum Gasteiger partial charge on any atom is -0.288 e. The van der Waals surface area contributed by atoms with E-state index in [1.165, 1.54) is 6.08 Å². The molecule has 0 unspecified atom stereocenters. The number of ketones is 1. The highest BCUT2D eigenvalue weighted by molar-refractivity contribution is 5.95. The van der Waals surface area contributed by atoms with Gasteiger partial charge >= 0.3 is 0 Å². The van der Waals surface area contributed by atoms with Crippen LogP contribution in [0, 0.1) is 6.92 Å². The van der Waals surface area contributed by atoms with E-state index in [9.17, 15) is 13.6 Å². The monoisotopic (exact) mass is 196 g/mol. The zero-order chi connectivity index (χ0) is 10.6. The van der Waals surface area contributed by atoms with Crippen molar-refractivity contribution in [1.29, 1.82) is 0 Å². The van der Waals surface area contributed by atoms with E-state index in [0.29, 0.717) is 0 Å². The summed E-state index contributed by atoms with van der Waals surface area (Å²) in [5.41, 5.74) is 1.83. The average Bonchev–Trinajstić information content (AvgIpc) is 2.16. The number of hydrogen-bond donors (Lipinski definition) is 0. The van der Waals surface area contributed by atoms with E-state index < -0.39 is 12.2 Å². The highest BCUT2D eigenvalue weighted by atomic mass is 19.3. The van der Waals surface area contributed by atoms with E-state index >= 15 is 0 Å². The van der Waals surface area contributed by atoms with Crippen LogP contribution >= 0.6 is 0 Å². The van der Waals surface area contributed by atoms with Gasteiger partial charge in [-0.25, -0.2) is 8.78 Å². The Morgan fingerprint density at radius 3 is 2.36 bits per heavy atom. The Kier molecular flexibility index (Phi) is 3.51. The van der Waals surface area contributed by atoms with Crippen molar-refractivity contribution in [1.82, 2.24) is 0 Å². The Balaban J connectivity index is 2.69. The minimum absolute atomic E-state index is 0.740. The van der Waals surface area contributed by atoms with E-state index in [2.05, 4.69) is 0 Å². The zero-order valence-corrected chi connectivity index (χ0v) is 7.71. The molecule has 0 aliphatic rings. The third-order valence-corrected chi connectivity index (χ3v) is 1.73. The lowest BCUT2D eigenvalue weighted by atomic mass is 10.1. The van der Waals surface area contributed by atoms with Gasteiger partial charge in [0.2, 0.25) is 5.78 Å². The fraction of sp³-hybridized carbons (Fsp3) is 0.182.